The minimum Gasteiger partial charge on any atom is -0.374 e. The summed E-state index contributed by atoms with van der Waals surface area (Å²) in [5, 5.41) is 2.97. The van der Waals surface area contributed by atoms with E-state index in [0.29, 0.717) is 24.1 Å². The molecule has 1 atom stereocenters. The van der Waals surface area contributed by atoms with Crippen molar-refractivity contribution in [2.75, 3.05) is 12.4 Å². The van der Waals surface area contributed by atoms with Crippen molar-refractivity contribution in [1.29, 1.82) is 0 Å². The molecule has 1 N–H and O–H groups in total. The van der Waals surface area contributed by atoms with Gasteiger partial charge in [0.1, 0.15) is 6.10 Å². The van der Waals surface area contributed by atoms with Crippen molar-refractivity contribution < 1.29 is 19.1 Å². The van der Waals surface area contributed by atoms with Crippen LogP contribution in [0.5, 0.6) is 0 Å². The summed E-state index contributed by atoms with van der Waals surface area (Å²) in [5.74, 6) is -0.365. The van der Waals surface area contributed by atoms with E-state index in [1.165, 1.54) is 13.3 Å². The van der Waals surface area contributed by atoms with Gasteiger partial charge in [0.15, 0.2) is 17.3 Å². The van der Waals surface area contributed by atoms with Crippen molar-refractivity contribution in [3.63, 3.8) is 0 Å². The molecule has 0 bridgehead atoms. The highest BCUT2D eigenvalue weighted by molar-refractivity contribution is 6.22. The molecule has 1 aromatic carbocycles. The molecule has 1 unspecified atom stereocenters. The van der Waals surface area contributed by atoms with Crippen LogP contribution in [0.2, 0.25) is 0 Å². The number of ether oxygens (including phenoxy) is 1. The van der Waals surface area contributed by atoms with Gasteiger partial charge in [0, 0.05) is 37.4 Å². The van der Waals surface area contributed by atoms with Gasteiger partial charge in [-0.05, 0) is 36.6 Å². The summed E-state index contributed by atoms with van der Waals surface area (Å²) >= 11 is 0. The second-order valence-electron chi connectivity index (χ2n) is 6.89. The monoisotopic (exact) mass is 329 g/mol. The second kappa shape index (κ2) is 7.09. The van der Waals surface area contributed by atoms with E-state index in [1.807, 2.05) is 13.8 Å². The summed E-state index contributed by atoms with van der Waals surface area (Å²) in [7, 11) is 1.49. The van der Waals surface area contributed by atoms with E-state index in [-0.39, 0.29) is 28.3 Å². The third kappa shape index (κ3) is 4.17. The van der Waals surface area contributed by atoms with Crippen molar-refractivity contribution in [3.8, 4) is 0 Å². The van der Waals surface area contributed by atoms with Crippen molar-refractivity contribution in [2.45, 2.75) is 39.7 Å². The molecular weight excluding hydrogens is 306 g/mol. The molecule has 128 valence electrons. The predicted molar refractivity (Wildman–Crippen MR) is 92.0 cm³/mol. The van der Waals surface area contributed by atoms with Gasteiger partial charge in [-0.15, -0.1) is 0 Å². The average molecular weight is 329 g/mol. The van der Waals surface area contributed by atoms with Crippen molar-refractivity contribution >= 4 is 23.0 Å². The highest BCUT2D eigenvalue weighted by Crippen LogP contribution is 2.33. The molecule has 1 saturated carbocycles. The molecule has 0 heterocycles. The number of carbonyl (C=O) groups excluding carboxylic acids is 3. The number of benzene rings is 1. The van der Waals surface area contributed by atoms with E-state index < -0.39 is 6.10 Å². The summed E-state index contributed by atoms with van der Waals surface area (Å²) in [4.78, 5) is 36.2. The number of allylic oxidation sites excluding steroid dienone is 1. The Morgan fingerprint density at radius 1 is 1.17 bits per heavy atom. The number of Topliss-reactive ketones (excluding diaryl/α,β-unsaturated/α-hetero) is 3. The number of hydrogen-bond acceptors (Lipinski definition) is 5. The number of nitrogens with one attached hydrogen (secondary N) is 1. The topological polar surface area (TPSA) is 72.5 Å². The van der Waals surface area contributed by atoms with Crippen LogP contribution in [0.15, 0.2) is 36.0 Å². The second-order valence-corrected chi connectivity index (χ2v) is 6.89. The van der Waals surface area contributed by atoms with Gasteiger partial charge in [-0.25, -0.2) is 0 Å². The maximum absolute atomic E-state index is 12.1. The molecule has 1 aromatic rings. The fourth-order valence-electron chi connectivity index (χ4n) is 2.67. The van der Waals surface area contributed by atoms with E-state index in [0.717, 1.165) is 0 Å². The Labute approximate surface area is 142 Å². The molecule has 0 saturated heterocycles. The number of ketones is 3. The first-order valence-electron chi connectivity index (χ1n) is 7.94. The Hall–Kier alpha value is -2.27. The number of carbonyl (C=O) groups is 3. The fourth-order valence-corrected chi connectivity index (χ4v) is 2.67. The summed E-state index contributed by atoms with van der Waals surface area (Å²) in [5.41, 5.74) is 1.19. The summed E-state index contributed by atoms with van der Waals surface area (Å²) in [6, 6.07) is 6.83. The molecule has 0 aliphatic heterocycles. The number of anilines is 1. The lowest BCUT2D eigenvalue weighted by Crippen LogP contribution is -2.31. The van der Waals surface area contributed by atoms with E-state index >= 15 is 0 Å². The zero-order chi connectivity index (χ0) is 17.9. The zero-order valence-corrected chi connectivity index (χ0v) is 14.5. The van der Waals surface area contributed by atoms with Crippen LogP contribution >= 0.6 is 0 Å². The quantitative estimate of drug-likeness (QED) is 0.510. The van der Waals surface area contributed by atoms with Gasteiger partial charge >= 0.3 is 0 Å². The highest BCUT2D eigenvalue weighted by atomic mass is 16.5. The standard InChI is InChI=1S/C19H23NO4/c1-12(24-4)18(23)13-5-7-14(8-6-13)20-11-15-16(21)9-19(2,3)10-17(15)22/h5-8,11-12,20H,9-10H2,1-4H3. The highest BCUT2D eigenvalue weighted by Gasteiger charge is 2.35. The van der Waals surface area contributed by atoms with Gasteiger partial charge < -0.3 is 10.1 Å². The Kier molecular flexibility index (Phi) is 5.34. The van der Waals surface area contributed by atoms with E-state index in [1.54, 1.807) is 31.2 Å². The maximum atomic E-state index is 12.1. The molecule has 5 heteroatoms. The van der Waals surface area contributed by atoms with Crippen LogP contribution in [0.25, 0.3) is 0 Å². The number of methoxy groups -OCH3 is 1. The predicted octanol–water partition coefficient (Wildman–Crippen LogP) is 3.16. The molecule has 2 rings (SSSR count). The van der Waals surface area contributed by atoms with Crippen molar-refractivity contribution in [1.82, 2.24) is 0 Å². The third-order valence-corrected chi connectivity index (χ3v) is 4.15. The first-order valence-corrected chi connectivity index (χ1v) is 7.94. The molecule has 24 heavy (non-hydrogen) atoms. The van der Waals surface area contributed by atoms with Gasteiger partial charge in [0.05, 0.1) is 5.57 Å². The van der Waals surface area contributed by atoms with Crippen molar-refractivity contribution in [3.05, 3.63) is 41.6 Å². The lowest BCUT2D eigenvalue weighted by Gasteiger charge is -2.28. The Bertz CT molecular complexity index is 664. The van der Waals surface area contributed by atoms with Crippen LogP contribution in [-0.2, 0) is 14.3 Å². The van der Waals surface area contributed by atoms with E-state index in [2.05, 4.69) is 5.32 Å². The van der Waals surface area contributed by atoms with Crippen LogP contribution in [0.4, 0.5) is 5.69 Å². The van der Waals surface area contributed by atoms with Crippen LogP contribution in [0, 0.1) is 5.41 Å². The third-order valence-electron chi connectivity index (χ3n) is 4.15. The lowest BCUT2D eigenvalue weighted by molar-refractivity contribution is -0.127. The van der Waals surface area contributed by atoms with Gasteiger partial charge in [-0.3, -0.25) is 14.4 Å². The molecule has 0 aromatic heterocycles. The molecule has 5 nitrogen and oxygen atoms in total. The van der Waals surface area contributed by atoms with E-state index in [4.69, 9.17) is 4.74 Å². The van der Waals surface area contributed by atoms with Crippen molar-refractivity contribution in [2.24, 2.45) is 5.41 Å². The maximum Gasteiger partial charge on any atom is 0.191 e. The Morgan fingerprint density at radius 3 is 2.21 bits per heavy atom. The molecule has 1 aliphatic carbocycles. The van der Waals surface area contributed by atoms with Crippen LogP contribution in [0.1, 0.15) is 44.0 Å². The average Bonchev–Trinajstić information content (AvgIpc) is 2.52. The van der Waals surface area contributed by atoms with Gasteiger partial charge in [-0.2, -0.15) is 0 Å². The fraction of sp³-hybridized carbons (Fsp3) is 0.421. The lowest BCUT2D eigenvalue weighted by atomic mass is 9.74. The summed E-state index contributed by atoms with van der Waals surface area (Å²) in [6.07, 6.45) is 1.71. The largest absolute Gasteiger partial charge is 0.374 e. The van der Waals surface area contributed by atoms with Gasteiger partial charge in [0.2, 0.25) is 0 Å². The Balaban J connectivity index is 2.08. The molecule has 1 fully saturated rings. The minimum atomic E-state index is -0.494. The van der Waals surface area contributed by atoms with Gasteiger partial charge in [0.25, 0.3) is 0 Å². The van der Waals surface area contributed by atoms with Crippen LogP contribution < -0.4 is 5.32 Å². The normalized spacial score (nSPS) is 18.2. The first kappa shape index (κ1) is 18.1. The summed E-state index contributed by atoms with van der Waals surface area (Å²) in [6.45, 7) is 5.54. The molecule has 1 aliphatic rings. The SMILES string of the molecule is COC(C)C(=O)c1ccc(NC=C2C(=O)CC(C)(C)CC2=O)cc1. The number of rotatable bonds is 5. The Morgan fingerprint density at radius 2 is 1.71 bits per heavy atom. The zero-order valence-electron chi connectivity index (χ0n) is 14.5. The molecule has 0 amide bonds. The van der Waals surface area contributed by atoms with Gasteiger partial charge in [-0.1, -0.05) is 13.8 Å². The minimum absolute atomic E-state index is 0.0951. The first-order chi connectivity index (χ1) is 11.2. The van der Waals surface area contributed by atoms with Crippen LogP contribution in [0.3, 0.4) is 0 Å². The van der Waals surface area contributed by atoms with E-state index in [9.17, 15) is 14.4 Å². The molecule has 0 spiro atoms. The van der Waals surface area contributed by atoms with Crippen LogP contribution in [-0.4, -0.2) is 30.6 Å². The molecular formula is C19H23NO4. The summed E-state index contributed by atoms with van der Waals surface area (Å²) < 4.78 is 5.01. The molecule has 0 radical (unpaired) electrons. The smallest absolute Gasteiger partial charge is 0.191 e. The number of hydrogen-bond donors (Lipinski definition) is 1.